The van der Waals surface area contributed by atoms with E-state index in [1.807, 2.05) is 17.4 Å². The molecule has 0 fully saturated rings. The van der Waals surface area contributed by atoms with Gasteiger partial charge in [-0.05, 0) is 115 Å². The van der Waals surface area contributed by atoms with Gasteiger partial charge in [0, 0.05) is 36.9 Å². The summed E-state index contributed by atoms with van der Waals surface area (Å²) in [4.78, 5) is 10.7. The summed E-state index contributed by atoms with van der Waals surface area (Å²) in [5, 5.41) is 2.58. The maximum absolute atomic E-state index is 5.36. The lowest BCUT2D eigenvalue weighted by molar-refractivity contribution is 0.794. The molecule has 2 aliphatic carbocycles. The van der Waals surface area contributed by atoms with Crippen molar-refractivity contribution in [2.24, 2.45) is 0 Å². The third kappa shape index (κ3) is 5.22. The van der Waals surface area contributed by atoms with Crippen LogP contribution in [0.4, 0.5) is 0 Å². The van der Waals surface area contributed by atoms with Gasteiger partial charge in [0.05, 0.1) is 16.8 Å². The van der Waals surface area contributed by atoms with E-state index >= 15 is 0 Å². The van der Waals surface area contributed by atoms with Gasteiger partial charge in [-0.25, -0.2) is 9.97 Å². The van der Waals surface area contributed by atoms with E-state index in [0.29, 0.717) is 5.82 Å². The van der Waals surface area contributed by atoms with Crippen molar-refractivity contribution in [2.75, 3.05) is 0 Å². The smallest absolute Gasteiger partial charge is 0.160 e. The van der Waals surface area contributed by atoms with Crippen LogP contribution in [-0.4, -0.2) is 9.97 Å². The summed E-state index contributed by atoms with van der Waals surface area (Å²) in [7, 11) is 0. The molecule has 2 heterocycles. The Morgan fingerprint density at radius 3 is 1.48 bits per heavy atom. The molecule has 1 spiro atoms. The molecule has 0 N–H and O–H groups in total. The van der Waals surface area contributed by atoms with Gasteiger partial charge in [0.2, 0.25) is 0 Å². The minimum atomic E-state index is -0.393. The van der Waals surface area contributed by atoms with Crippen LogP contribution in [0.15, 0.2) is 218 Å². The van der Waals surface area contributed by atoms with Gasteiger partial charge < -0.3 is 0 Å². The first kappa shape index (κ1) is 35.1. The highest BCUT2D eigenvalue weighted by Gasteiger charge is 2.51. The van der Waals surface area contributed by atoms with Gasteiger partial charge in [-0.15, -0.1) is 11.3 Å². The molecule has 0 amide bonds. The van der Waals surface area contributed by atoms with Crippen LogP contribution in [0.25, 0.3) is 98.6 Å². The summed E-state index contributed by atoms with van der Waals surface area (Å²) >= 11 is 1.85. The molecule has 9 aromatic carbocycles. The van der Waals surface area contributed by atoms with Crippen molar-refractivity contribution in [3.63, 3.8) is 0 Å². The first-order valence-electron chi connectivity index (χ1n) is 21.2. The topological polar surface area (TPSA) is 25.8 Å². The van der Waals surface area contributed by atoms with Crippen LogP contribution in [0.5, 0.6) is 0 Å². The van der Waals surface area contributed by atoms with E-state index in [4.69, 9.17) is 9.97 Å². The normalized spacial score (nSPS) is 13.0. The zero-order valence-electron chi connectivity index (χ0n) is 33.6. The maximum Gasteiger partial charge on any atom is 0.160 e. The lowest BCUT2D eigenvalue weighted by atomic mass is 9.70. The van der Waals surface area contributed by atoms with Crippen LogP contribution in [0.2, 0.25) is 0 Å². The largest absolute Gasteiger partial charge is 0.228 e. The fourth-order valence-electron chi connectivity index (χ4n) is 10.4. The van der Waals surface area contributed by atoms with E-state index in [-0.39, 0.29) is 0 Å². The Bertz CT molecular complexity index is 3540. The van der Waals surface area contributed by atoms with Gasteiger partial charge in [0.1, 0.15) is 0 Å². The number of fused-ring (bicyclic) bond motifs is 13. The van der Waals surface area contributed by atoms with Crippen LogP contribution in [0.1, 0.15) is 22.3 Å². The van der Waals surface area contributed by atoms with Crippen molar-refractivity contribution < 1.29 is 0 Å². The van der Waals surface area contributed by atoms with Gasteiger partial charge in [0.25, 0.3) is 0 Å². The molecule has 0 atom stereocenters. The standard InChI is InChI=1S/C59H36N2S/c1-3-15-37(16-4-1)41-31-42(39-28-30-57-49(34-39)47-22-10-14-26-56(47)62-57)33-43(32-41)55-36-54(60-58(61-55)38-17-5-2-6-18-38)40-27-29-53-48(35-40)46-21-9-13-25-52(46)59(53)50-23-11-7-19-44(50)45-20-8-12-24-51(45)59/h1-36H. The molecule has 2 nitrogen and oxygen atoms in total. The van der Waals surface area contributed by atoms with E-state index in [1.54, 1.807) is 0 Å². The number of hydrogen-bond acceptors (Lipinski definition) is 3. The second-order valence-corrected chi connectivity index (χ2v) is 17.5. The molecule has 0 unspecified atom stereocenters. The maximum atomic E-state index is 5.36. The second-order valence-electron chi connectivity index (χ2n) is 16.4. The third-order valence-corrected chi connectivity index (χ3v) is 14.2. The molecule has 62 heavy (non-hydrogen) atoms. The van der Waals surface area contributed by atoms with Crippen molar-refractivity contribution in [1.82, 2.24) is 9.97 Å². The monoisotopic (exact) mass is 804 g/mol. The van der Waals surface area contributed by atoms with Gasteiger partial charge in [-0.3, -0.25) is 0 Å². The number of hydrogen-bond donors (Lipinski definition) is 0. The fourth-order valence-corrected chi connectivity index (χ4v) is 11.4. The van der Waals surface area contributed by atoms with Gasteiger partial charge in [-0.1, -0.05) is 170 Å². The molecule has 2 aliphatic rings. The second kappa shape index (κ2) is 13.7. The third-order valence-electron chi connectivity index (χ3n) is 13.1. The lowest BCUT2D eigenvalue weighted by Gasteiger charge is -2.30. The highest BCUT2D eigenvalue weighted by Crippen LogP contribution is 2.63. The zero-order valence-corrected chi connectivity index (χ0v) is 34.4. The molecule has 288 valence electrons. The Labute approximate surface area is 364 Å². The van der Waals surface area contributed by atoms with E-state index < -0.39 is 5.41 Å². The minimum Gasteiger partial charge on any atom is -0.228 e. The van der Waals surface area contributed by atoms with E-state index in [0.717, 1.165) is 44.8 Å². The SMILES string of the molecule is c1ccc(-c2cc(-c3ccc4sc5ccccc5c4c3)cc(-c3cc(-c4ccc5c(c4)-c4ccccc4C54c5ccccc5-c5ccccc54)nc(-c4ccccc4)n3)c2)cc1. The molecule has 0 saturated carbocycles. The lowest BCUT2D eigenvalue weighted by Crippen LogP contribution is -2.25. The Morgan fingerprint density at radius 1 is 0.290 bits per heavy atom. The molecule has 3 heteroatoms. The quantitative estimate of drug-likeness (QED) is 0.173. The molecule has 0 bridgehead atoms. The zero-order chi connectivity index (χ0) is 40.8. The van der Waals surface area contributed by atoms with Crippen molar-refractivity contribution >= 4 is 31.5 Å². The van der Waals surface area contributed by atoms with Crippen LogP contribution in [0, 0.1) is 0 Å². The highest BCUT2D eigenvalue weighted by atomic mass is 32.1. The summed E-state index contributed by atoms with van der Waals surface area (Å²) in [5.41, 5.74) is 19.6. The van der Waals surface area contributed by atoms with Gasteiger partial charge in [0.15, 0.2) is 5.82 Å². The summed E-state index contributed by atoms with van der Waals surface area (Å²) in [6, 6.07) is 79.7. The summed E-state index contributed by atoms with van der Waals surface area (Å²) in [5.74, 6) is 0.701. The fraction of sp³-hybridized carbons (Fsp3) is 0.0169. The van der Waals surface area contributed by atoms with Crippen LogP contribution in [0.3, 0.4) is 0 Å². The number of rotatable bonds is 5. The molecule has 2 aromatic heterocycles. The Morgan fingerprint density at radius 2 is 0.790 bits per heavy atom. The Kier molecular flexibility index (Phi) is 7.72. The predicted octanol–water partition coefficient (Wildman–Crippen LogP) is 15.5. The van der Waals surface area contributed by atoms with Crippen LogP contribution in [-0.2, 0) is 5.41 Å². The van der Waals surface area contributed by atoms with E-state index in [2.05, 4.69) is 212 Å². The Balaban J connectivity index is 1.02. The summed E-state index contributed by atoms with van der Waals surface area (Å²) in [6.07, 6.45) is 0. The molecule has 11 aromatic rings. The van der Waals surface area contributed by atoms with E-state index in [1.165, 1.54) is 70.2 Å². The number of nitrogens with zero attached hydrogens (tertiary/aromatic N) is 2. The van der Waals surface area contributed by atoms with Gasteiger partial charge >= 0.3 is 0 Å². The minimum absolute atomic E-state index is 0.393. The molecular formula is C59H36N2S. The molecular weight excluding hydrogens is 769 g/mol. The van der Waals surface area contributed by atoms with Crippen molar-refractivity contribution in [3.8, 4) is 78.4 Å². The molecule has 0 aliphatic heterocycles. The number of aromatic nitrogens is 2. The van der Waals surface area contributed by atoms with Crippen molar-refractivity contribution in [3.05, 3.63) is 241 Å². The first-order chi connectivity index (χ1) is 30.7. The first-order valence-corrected chi connectivity index (χ1v) is 22.0. The van der Waals surface area contributed by atoms with Crippen LogP contribution < -0.4 is 0 Å². The van der Waals surface area contributed by atoms with Crippen LogP contribution >= 0.6 is 11.3 Å². The summed E-state index contributed by atoms with van der Waals surface area (Å²) < 4.78 is 2.61. The predicted molar refractivity (Wildman–Crippen MR) is 258 cm³/mol. The average molecular weight is 805 g/mol. The molecule has 13 rings (SSSR count). The van der Waals surface area contributed by atoms with E-state index in [9.17, 15) is 0 Å². The molecule has 0 radical (unpaired) electrons. The number of thiophene rings is 1. The average Bonchev–Trinajstić information content (AvgIpc) is 3.98. The highest BCUT2D eigenvalue weighted by molar-refractivity contribution is 7.25. The van der Waals surface area contributed by atoms with Crippen molar-refractivity contribution in [1.29, 1.82) is 0 Å². The van der Waals surface area contributed by atoms with Crippen molar-refractivity contribution in [2.45, 2.75) is 5.41 Å². The summed E-state index contributed by atoms with van der Waals surface area (Å²) in [6.45, 7) is 0. The Hall–Kier alpha value is -7.72. The van der Waals surface area contributed by atoms with Gasteiger partial charge in [-0.2, -0.15) is 0 Å². The molecule has 0 saturated heterocycles. The number of benzene rings is 9.